The molecule has 0 bridgehead atoms. The third kappa shape index (κ3) is 3.89. The second kappa shape index (κ2) is 8.36. The molecule has 2 aromatic heterocycles. The molecule has 0 saturated carbocycles. The number of ether oxygens (including phenoxy) is 2. The van der Waals surface area contributed by atoms with Gasteiger partial charge in [0.05, 0.1) is 12.6 Å². The molecular weight excluding hydrogens is 387 g/mol. The van der Waals surface area contributed by atoms with Gasteiger partial charge in [-0.3, -0.25) is 9.20 Å². The van der Waals surface area contributed by atoms with E-state index in [0.717, 1.165) is 22.7 Å². The van der Waals surface area contributed by atoms with Crippen molar-refractivity contribution in [2.75, 3.05) is 13.7 Å². The standard InChI is InChI=1S/C22H21FN4O3/c1-3-20-25-26-22(19-11-15-10-16(23)7-8-18(15)27(19)20)30-13-21(28)24-12-14-5-4-6-17(9-14)29-2/h4-11H,3,12-13H2,1-2H3,(H,24,28). The Bertz CT molecular complexity index is 1220. The first-order valence-corrected chi connectivity index (χ1v) is 9.57. The molecule has 8 heteroatoms. The molecule has 2 heterocycles. The Morgan fingerprint density at radius 1 is 1.13 bits per heavy atom. The largest absolute Gasteiger partial charge is 0.497 e. The zero-order chi connectivity index (χ0) is 21.1. The highest BCUT2D eigenvalue weighted by Crippen LogP contribution is 2.27. The molecule has 0 aliphatic carbocycles. The Kier molecular flexibility index (Phi) is 5.47. The minimum Gasteiger partial charge on any atom is -0.497 e. The number of methoxy groups -OCH3 is 1. The number of halogens is 1. The van der Waals surface area contributed by atoms with Gasteiger partial charge in [-0.15, -0.1) is 10.2 Å². The van der Waals surface area contributed by atoms with E-state index < -0.39 is 0 Å². The van der Waals surface area contributed by atoms with Crippen molar-refractivity contribution in [1.82, 2.24) is 19.9 Å². The van der Waals surface area contributed by atoms with E-state index in [1.807, 2.05) is 35.6 Å². The predicted molar refractivity (Wildman–Crippen MR) is 110 cm³/mol. The summed E-state index contributed by atoms with van der Waals surface area (Å²) in [5.74, 6) is 1.06. The first-order valence-electron chi connectivity index (χ1n) is 9.57. The highest BCUT2D eigenvalue weighted by Gasteiger charge is 2.15. The average Bonchev–Trinajstić information content (AvgIpc) is 3.15. The number of nitrogens with zero attached hydrogens (tertiary/aromatic N) is 3. The maximum absolute atomic E-state index is 13.6. The lowest BCUT2D eigenvalue weighted by atomic mass is 10.2. The van der Waals surface area contributed by atoms with Gasteiger partial charge in [-0.05, 0) is 42.0 Å². The molecule has 0 radical (unpaired) electrons. The minimum atomic E-state index is -0.322. The molecule has 30 heavy (non-hydrogen) atoms. The normalized spacial score (nSPS) is 11.0. The second-order valence-corrected chi connectivity index (χ2v) is 6.76. The molecule has 7 nitrogen and oxygen atoms in total. The van der Waals surface area contributed by atoms with Crippen molar-refractivity contribution in [2.45, 2.75) is 19.9 Å². The fraction of sp³-hybridized carbons (Fsp3) is 0.227. The van der Waals surface area contributed by atoms with E-state index >= 15 is 0 Å². The number of fused-ring (bicyclic) bond motifs is 3. The van der Waals surface area contributed by atoms with E-state index in [1.165, 1.54) is 12.1 Å². The molecule has 4 rings (SSSR count). The van der Waals surface area contributed by atoms with E-state index in [4.69, 9.17) is 9.47 Å². The zero-order valence-electron chi connectivity index (χ0n) is 16.7. The van der Waals surface area contributed by atoms with Crippen LogP contribution in [0.25, 0.3) is 16.4 Å². The summed E-state index contributed by atoms with van der Waals surface area (Å²) in [5, 5.41) is 11.9. The number of aryl methyl sites for hydroxylation is 1. The smallest absolute Gasteiger partial charge is 0.258 e. The molecular formula is C22H21FN4O3. The average molecular weight is 408 g/mol. The molecule has 0 atom stereocenters. The Labute approximate surface area is 172 Å². The maximum atomic E-state index is 13.6. The fourth-order valence-corrected chi connectivity index (χ4v) is 3.32. The van der Waals surface area contributed by atoms with Gasteiger partial charge in [0.15, 0.2) is 6.61 Å². The summed E-state index contributed by atoms with van der Waals surface area (Å²) < 4.78 is 26.4. The molecule has 0 aliphatic rings. The van der Waals surface area contributed by atoms with Crippen molar-refractivity contribution < 1.29 is 18.7 Å². The molecule has 0 unspecified atom stereocenters. The minimum absolute atomic E-state index is 0.213. The number of nitrogens with one attached hydrogen (secondary N) is 1. The molecule has 0 spiro atoms. The van der Waals surface area contributed by atoms with E-state index in [-0.39, 0.29) is 24.2 Å². The van der Waals surface area contributed by atoms with Crippen molar-refractivity contribution >= 4 is 22.3 Å². The van der Waals surface area contributed by atoms with Crippen LogP contribution < -0.4 is 14.8 Å². The molecule has 2 aromatic carbocycles. The van der Waals surface area contributed by atoms with Crippen molar-refractivity contribution in [3.05, 3.63) is 65.7 Å². The highest BCUT2D eigenvalue weighted by molar-refractivity contribution is 5.89. The van der Waals surface area contributed by atoms with Crippen LogP contribution in [0.3, 0.4) is 0 Å². The Morgan fingerprint density at radius 2 is 2.00 bits per heavy atom. The van der Waals surface area contributed by atoms with Gasteiger partial charge in [-0.2, -0.15) is 0 Å². The number of carbonyl (C=O) groups is 1. The van der Waals surface area contributed by atoms with Gasteiger partial charge in [-0.1, -0.05) is 19.1 Å². The van der Waals surface area contributed by atoms with Gasteiger partial charge in [-0.25, -0.2) is 4.39 Å². The first kappa shape index (κ1) is 19.6. The van der Waals surface area contributed by atoms with Crippen molar-refractivity contribution in [1.29, 1.82) is 0 Å². The first-order chi connectivity index (χ1) is 14.6. The van der Waals surface area contributed by atoms with Gasteiger partial charge < -0.3 is 14.8 Å². The van der Waals surface area contributed by atoms with Gasteiger partial charge in [0, 0.05) is 18.4 Å². The van der Waals surface area contributed by atoms with Gasteiger partial charge >= 0.3 is 0 Å². The quantitative estimate of drug-likeness (QED) is 0.508. The van der Waals surface area contributed by atoms with Crippen molar-refractivity contribution in [3.63, 3.8) is 0 Å². The predicted octanol–water partition coefficient (Wildman–Crippen LogP) is 3.29. The number of hydrogen-bond donors (Lipinski definition) is 1. The summed E-state index contributed by atoms with van der Waals surface area (Å²) in [5.41, 5.74) is 2.37. The van der Waals surface area contributed by atoms with Crippen molar-refractivity contribution in [2.24, 2.45) is 0 Å². The van der Waals surface area contributed by atoms with E-state index in [1.54, 1.807) is 19.2 Å². The Hall–Kier alpha value is -3.68. The van der Waals surface area contributed by atoms with Crippen LogP contribution in [-0.2, 0) is 17.8 Å². The Morgan fingerprint density at radius 3 is 2.80 bits per heavy atom. The summed E-state index contributed by atoms with van der Waals surface area (Å²) in [6.45, 7) is 2.10. The SMILES string of the molecule is CCc1nnc(OCC(=O)NCc2cccc(OC)c2)c2cc3cc(F)ccc3n12. The summed E-state index contributed by atoms with van der Waals surface area (Å²) >= 11 is 0. The topological polar surface area (TPSA) is 77.8 Å². The van der Waals surface area contributed by atoms with Crippen LogP contribution in [0.4, 0.5) is 4.39 Å². The summed E-state index contributed by atoms with van der Waals surface area (Å²) in [6, 6.07) is 13.8. The molecule has 1 amide bonds. The van der Waals surface area contributed by atoms with Crippen molar-refractivity contribution in [3.8, 4) is 11.6 Å². The summed E-state index contributed by atoms with van der Waals surface area (Å²) in [6.07, 6.45) is 0.645. The van der Waals surface area contributed by atoms with Crippen LogP contribution in [-0.4, -0.2) is 34.2 Å². The molecule has 0 aliphatic heterocycles. The summed E-state index contributed by atoms with van der Waals surface area (Å²) in [7, 11) is 1.59. The highest BCUT2D eigenvalue weighted by atomic mass is 19.1. The lowest BCUT2D eigenvalue weighted by Crippen LogP contribution is -2.28. The van der Waals surface area contributed by atoms with Gasteiger partial charge in [0.25, 0.3) is 11.8 Å². The molecule has 0 saturated heterocycles. The van der Waals surface area contributed by atoms with Crippen LogP contribution in [0.5, 0.6) is 11.6 Å². The van der Waals surface area contributed by atoms with Crippen LogP contribution >= 0.6 is 0 Å². The van der Waals surface area contributed by atoms with Crippen LogP contribution in [0, 0.1) is 5.82 Å². The van der Waals surface area contributed by atoms with Crippen LogP contribution in [0.2, 0.25) is 0 Å². The lowest BCUT2D eigenvalue weighted by molar-refractivity contribution is -0.123. The molecule has 1 N–H and O–H groups in total. The Balaban J connectivity index is 1.51. The number of amides is 1. The number of hydrogen-bond acceptors (Lipinski definition) is 5. The van der Waals surface area contributed by atoms with E-state index in [0.29, 0.717) is 23.9 Å². The number of rotatable bonds is 7. The molecule has 0 fully saturated rings. The lowest BCUT2D eigenvalue weighted by Gasteiger charge is -2.10. The number of aromatic nitrogens is 3. The van der Waals surface area contributed by atoms with Gasteiger partial charge in [0.2, 0.25) is 0 Å². The number of benzene rings is 2. The maximum Gasteiger partial charge on any atom is 0.258 e. The van der Waals surface area contributed by atoms with Crippen LogP contribution in [0.15, 0.2) is 48.5 Å². The van der Waals surface area contributed by atoms with Crippen LogP contribution in [0.1, 0.15) is 18.3 Å². The van der Waals surface area contributed by atoms with Gasteiger partial charge in [0.1, 0.15) is 22.9 Å². The third-order valence-corrected chi connectivity index (χ3v) is 4.78. The monoisotopic (exact) mass is 408 g/mol. The fourth-order valence-electron chi connectivity index (χ4n) is 3.32. The number of carbonyl (C=O) groups excluding carboxylic acids is 1. The van der Waals surface area contributed by atoms with E-state index in [2.05, 4.69) is 15.5 Å². The molecule has 154 valence electrons. The van der Waals surface area contributed by atoms with E-state index in [9.17, 15) is 9.18 Å². The second-order valence-electron chi connectivity index (χ2n) is 6.76. The molecule has 4 aromatic rings. The zero-order valence-corrected chi connectivity index (χ0v) is 16.7. The summed E-state index contributed by atoms with van der Waals surface area (Å²) in [4.78, 5) is 12.2. The third-order valence-electron chi connectivity index (χ3n) is 4.78.